The number of likely N-dealkylation sites (N-methyl/N-ethyl adjacent to an activating group) is 1. The molecule has 1 spiro atoms. The number of benzene rings is 1. The van der Waals surface area contributed by atoms with E-state index in [4.69, 9.17) is 15.9 Å². The van der Waals surface area contributed by atoms with Crippen LogP contribution in [0.5, 0.6) is 0 Å². The highest BCUT2D eigenvalue weighted by atomic mass is 32.8. The highest BCUT2D eigenvalue weighted by Crippen LogP contribution is 2.65. The number of nitrogens with zero attached hydrogens (tertiary/aromatic N) is 2. The molecule has 162 valence electrons. The number of ether oxygens (including phenoxy) is 1. The summed E-state index contributed by atoms with van der Waals surface area (Å²) in [4.78, 5) is 41.0. The van der Waals surface area contributed by atoms with Crippen molar-refractivity contribution in [2.75, 3.05) is 7.05 Å². The number of esters is 1. The van der Waals surface area contributed by atoms with Gasteiger partial charge >= 0.3 is 5.97 Å². The molecular weight excluding hydrogens is 427 g/mol. The van der Waals surface area contributed by atoms with Crippen LogP contribution in [-0.2, 0) is 39.8 Å². The molecule has 4 rings (SSSR count). The van der Waals surface area contributed by atoms with Crippen LogP contribution in [0, 0.1) is 11.2 Å². The lowest BCUT2D eigenvalue weighted by atomic mass is 9.78. The molecule has 3 aliphatic rings. The standard InChI is InChI=1S/C21H25FN2O4S2/c1-18(2,3)28-17(27)19(4)11-21-16(26)23(6)20(5,30(21)29)15(25)24(21)14(19)12-7-9-13(22)10-8-12/h7-10,14H,11H2,1-6H3/t14-,19-,20-,21-,30?/m0/s1. The summed E-state index contributed by atoms with van der Waals surface area (Å²) in [5, 5.41) is 0. The van der Waals surface area contributed by atoms with Gasteiger partial charge in [-0.3, -0.25) is 14.4 Å². The summed E-state index contributed by atoms with van der Waals surface area (Å²) in [5.41, 5.74) is -1.39. The molecule has 1 aromatic rings. The summed E-state index contributed by atoms with van der Waals surface area (Å²) in [6, 6.07) is 4.91. The molecule has 1 unspecified atom stereocenters. The number of rotatable bonds is 2. The van der Waals surface area contributed by atoms with Crippen molar-refractivity contribution < 1.29 is 23.5 Å². The van der Waals surface area contributed by atoms with E-state index in [9.17, 15) is 18.8 Å². The van der Waals surface area contributed by atoms with Gasteiger partial charge in [0.15, 0.2) is 9.74 Å². The average molecular weight is 453 g/mol. The maximum Gasteiger partial charge on any atom is 0.314 e. The van der Waals surface area contributed by atoms with Crippen LogP contribution in [0.3, 0.4) is 0 Å². The van der Waals surface area contributed by atoms with Gasteiger partial charge in [-0.2, -0.15) is 0 Å². The molecule has 5 atom stereocenters. The van der Waals surface area contributed by atoms with E-state index in [2.05, 4.69) is 0 Å². The van der Waals surface area contributed by atoms with E-state index in [1.807, 2.05) is 0 Å². The Morgan fingerprint density at radius 3 is 2.30 bits per heavy atom. The molecule has 3 saturated heterocycles. The largest absolute Gasteiger partial charge is 0.459 e. The zero-order valence-corrected chi connectivity index (χ0v) is 19.4. The number of fused-ring (bicyclic) bond motifs is 1. The van der Waals surface area contributed by atoms with Crippen molar-refractivity contribution in [2.24, 2.45) is 5.41 Å². The monoisotopic (exact) mass is 452 g/mol. The van der Waals surface area contributed by atoms with Gasteiger partial charge in [0.2, 0.25) is 0 Å². The van der Waals surface area contributed by atoms with E-state index < -0.39 is 48.0 Å². The predicted molar refractivity (Wildman–Crippen MR) is 113 cm³/mol. The van der Waals surface area contributed by atoms with Gasteiger partial charge in [0.25, 0.3) is 11.8 Å². The highest BCUT2D eigenvalue weighted by Gasteiger charge is 2.81. The smallest absolute Gasteiger partial charge is 0.314 e. The first-order valence-electron chi connectivity index (χ1n) is 9.74. The van der Waals surface area contributed by atoms with Crippen LogP contribution < -0.4 is 0 Å². The van der Waals surface area contributed by atoms with E-state index in [1.165, 1.54) is 21.9 Å². The molecule has 3 heterocycles. The number of amides is 2. The van der Waals surface area contributed by atoms with E-state index in [1.54, 1.807) is 53.8 Å². The minimum absolute atomic E-state index is 0.0775. The molecule has 0 N–H and O–H groups in total. The SMILES string of the molecule is CN1C(=O)[C@@]23C[C@](C)(C(=O)OC(C)(C)C)[C@H](c4ccc(F)cc4)N2C(=O)[C@]1(C)S3=S. The third-order valence-corrected chi connectivity index (χ3v) is 10.6. The number of carbonyl (C=O) groups is 3. The molecule has 0 radical (unpaired) electrons. The quantitative estimate of drug-likeness (QED) is 0.645. The van der Waals surface area contributed by atoms with E-state index in [0.29, 0.717) is 5.56 Å². The molecular formula is C21H25FN2O4S2. The Morgan fingerprint density at radius 2 is 1.77 bits per heavy atom. The van der Waals surface area contributed by atoms with Crippen molar-refractivity contribution >= 4 is 38.4 Å². The van der Waals surface area contributed by atoms with Crippen LogP contribution in [0.2, 0.25) is 0 Å². The van der Waals surface area contributed by atoms with Gasteiger partial charge < -0.3 is 14.5 Å². The Kier molecular flexibility index (Phi) is 4.34. The fraction of sp³-hybridized carbons (Fsp3) is 0.571. The van der Waals surface area contributed by atoms with E-state index in [0.717, 1.165) is 0 Å². The first-order chi connectivity index (χ1) is 13.7. The molecule has 30 heavy (non-hydrogen) atoms. The molecule has 0 aliphatic carbocycles. The molecule has 6 nitrogen and oxygen atoms in total. The topological polar surface area (TPSA) is 66.9 Å². The van der Waals surface area contributed by atoms with Gasteiger partial charge in [-0.15, -0.1) is 0 Å². The van der Waals surface area contributed by atoms with Gasteiger partial charge in [0.1, 0.15) is 11.4 Å². The Balaban J connectivity index is 1.94. The number of carbonyl (C=O) groups excluding carboxylic acids is 3. The van der Waals surface area contributed by atoms with Crippen molar-refractivity contribution in [1.82, 2.24) is 9.80 Å². The fourth-order valence-corrected chi connectivity index (χ4v) is 8.48. The molecule has 9 heteroatoms. The van der Waals surface area contributed by atoms with Crippen molar-refractivity contribution in [3.8, 4) is 0 Å². The van der Waals surface area contributed by atoms with Crippen molar-refractivity contribution in [3.63, 3.8) is 0 Å². The van der Waals surface area contributed by atoms with Gasteiger partial charge in [-0.25, -0.2) is 4.39 Å². The number of piperazine rings is 1. The zero-order valence-electron chi connectivity index (χ0n) is 17.8. The summed E-state index contributed by atoms with van der Waals surface area (Å²) >= 11 is 5.80. The first kappa shape index (κ1) is 21.4. The van der Waals surface area contributed by atoms with Gasteiger partial charge in [-0.05, 0) is 63.5 Å². The minimum atomic E-state index is -1.28. The van der Waals surface area contributed by atoms with Gasteiger partial charge in [-0.1, -0.05) is 21.6 Å². The number of hydrogen-bond donors (Lipinski definition) is 0. The minimum Gasteiger partial charge on any atom is -0.459 e. The second-order valence-electron chi connectivity index (χ2n) is 9.63. The zero-order chi connectivity index (χ0) is 22.4. The molecule has 3 fully saturated rings. The summed E-state index contributed by atoms with van der Waals surface area (Å²) in [7, 11) is 0.528. The lowest BCUT2D eigenvalue weighted by molar-refractivity contribution is -0.169. The third kappa shape index (κ3) is 2.39. The Bertz CT molecular complexity index is 1010. The predicted octanol–water partition coefficient (Wildman–Crippen LogP) is 2.43. The summed E-state index contributed by atoms with van der Waals surface area (Å²) in [6.07, 6.45) is 0.0775. The fourth-order valence-electron chi connectivity index (χ4n) is 4.96. The Morgan fingerprint density at radius 1 is 1.20 bits per heavy atom. The van der Waals surface area contributed by atoms with Crippen LogP contribution in [0.15, 0.2) is 24.3 Å². The molecule has 1 aromatic carbocycles. The van der Waals surface area contributed by atoms with E-state index >= 15 is 0 Å². The van der Waals surface area contributed by atoms with Crippen LogP contribution in [0.4, 0.5) is 4.39 Å². The van der Waals surface area contributed by atoms with Crippen LogP contribution in [0.25, 0.3) is 0 Å². The van der Waals surface area contributed by atoms with Gasteiger partial charge in [0, 0.05) is 13.5 Å². The van der Waals surface area contributed by atoms with Crippen LogP contribution in [-0.4, -0.2) is 50.0 Å². The maximum absolute atomic E-state index is 13.6. The molecule has 0 saturated carbocycles. The summed E-state index contributed by atoms with van der Waals surface area (Å²) in [6.45, 7) is 8.71. The third-order valence-electron chi connectivity index (χ3n) is 6.47. The summed E-state index contributed by atoms with van der Waals surface area (Å²) < 4.78 is 19.3. The lowest BCUT2D eigenvalue weighted by Gasteiger charge is -2.40. The Labute approximate surface area is 182 Å². The normalized spacial score (nSPS) is 37.7. The number of halogens is 1. The maximum atomic E-state index is 13.6. The molecule has 2 amide bonds. The van der Waals surface area contributed by atoms with Crippen molar-refractivity contribution in [3.05, 3.63) is 35.6 Å². The highest BCUT2D eigenvalue weighted by molar-refractivity contribution is 8.31. The number of hydrogen-bond acceptors (Lipinski definition) is 5. The van der Waals surface area contributed by atoms with Crippen LogP contribution in [0.1, 0.15) is 52.6 Å². The lowest BCUT2D eigenvalue weighted by Crippen LogP contribution is -2.60. The first-order valence-corrected chi connectivity index (χ1v) is 11.9. The molecule has 2 bridgehead atoms. The average Bonchev–Trinajstić information content (AvgIpc) is 3.08. The van der Waals surface area contributed by atoms with Crippen molar-refractivity contribution in [1.29, 1.82) is 0 Å². The van der Waals surface area contributed by atoms with Crippen LogP contribution >= 0.6 is 0 Å². The summed E-state index contributed by atoms with van der Waals surface area (Å²) in [5.74, 6) is -1.45. The van der Waals surface area contributed by atoms with Gasteiger partial charge in [0.05, 0.1) is 11.5 Å². The second-order valence-corrected chi connectivity index (χ2v) is 12.6. The van der Waals surface area contributed by atoms with Crippen molar-refractivity contribution in [2.45, 2.75) is 62.4 Å². The molecule has 3 aliphatic heterocycles. The van der Waals surface area contributed by atoms with E-state index in [-0.39, 0.29) is 18.2 Å². The second kappa shape index (κ2) is 6.09. The molecule has 0 aromatic heterocycles. The Hall–Kier alpha value is -1.87.